The van der Waals surface area contributed by atoms with Gasteiger partial charge in [0.25, 0.3) is 0 Å². The molecule has 0 atom stereocenters. The number of rotatable bonds is 2. The second-order valence-electron chi connectivity index (χ2n) is 3.93. The van der Waals surface area contributed by atoms with Crippen LogP contribution < -0.4 is 0 Å². The van der Waals surface area contributed by atoms with Crippen LogP contribution in [0.25, 0.3) is 0 Å². The van der Waals surface area contributed by atoms with Crippen LogP contribution in [0.3, 0.4) is 0 Å². The summed E-state index contributed by atoms with van der Waals surface area (Å²) >= 11 is 1.88. The average Bonchev–Trinajstić information content (AvgIpc) is 2.51. The van der Waals surface area contributed by atoms with Gasteiger partial charge in [0.1, 0.15) is 0 Å². The second kappa shape index (κ2) is 3.62. The van der Waals surface area contributed by atoms with E-state index in [0.717, 1.165) is 19.4 Å². The Bertz CT molecular complexity index is 323. The molecule has 0 saturated heterocycles. The highest BCUT2D eigenvalue weighted by Crippen LogP contribution is 2.24. The molecule has 1 nitrogen and oxygen atoms in total. The van der Waals surface area contributed by atoms with Gasteiger partial charge in [-0.15, -0.1) is 11.3 Å². The van der Waals surface area contributed by atoms with E-state index < -0.39 is 0 Å². The van der Waals surface area contributed by atoms with Crippen LogP contribution in [0.15, 0.2) is 16.4 Å². The lowest BCUT2D eigenvalue weighted by Crippen LogP contribution is -2.12. The maximum atomic E-state index is 4.61. The molecule has 0 aromatic carbocycles. The van der Waals surface area contributed by atoms with Crippen LogP contribution in [0, 0.1) is 5.92 Å². The summed E-state index contributed by atoms with van der Waals surface area (Å²) < 4.78 is 0. The van der Waals surface area contributed by atoms with E-state index in [9.17, 15) is 0 Å². The average molecular weight is 193 g/mol. The van der Waals surface area contributed by atoms with Crippen molar-refractivity contribution in [2.24, 2.45) is 10.9 Å². The number of hydrogen-bond acceptors (Lipinski definition) is 2. The zero-order valence-electron chi connectivity index (χ0n) is 8.21. The highest BCUT2D eigenvalue weighted by atomic mass is 32.1. The first-order valence-electron chi connectivity index (χ1n) is 4.87. The summed E-state index contributed by atoms with van der Waals surface area (Å²) in [6, 6.07) is 2.22. The van der Waals surface area contributed by atoms with Gasteiger partial charge < -0.3 is 0 Å². The van der Waals surface area contributed by atoms with Crippen molar-refractivity contribution in [2.75, 3.05) is 6.54 Å². The smallest absolute Gasteiger partial charge is 0.0441 e. The molecule has 0 amide bonds. The highest BCUT2D eigenvalue weighted by molar-refractivity contribution is 7.10. The predicted molar refractivity (Wildman–Crippen MR) is 58.9 cm³/mol. The van der Waals surface area contributed by atoms with Crippen LogP contribution in [0.5, 0.6) is 0 Å². The summed E-state index contributed by atoms with van der Waals surface area (Å²) in [5, 5.41) is 2.19. The van der Waals surface area contributed by atoms with E-state index in [2.05, 4.69) is 30.3 Å². The molecular formula is C11H15NS. The lowest BCUT2D eigenvalue weighted by atomic mass is 9.98. The van der Waals surface area contributed by atoms with Gasteiger partial charge in [0.2, 0.25) is 0 Å². The highest BCUT2D eigenvalue weighted by Gasteiger charge is 2.15. The maximum Gasteiger partial charge on any atom is 0.0441 e. The third kappa shape index (κ3) is 1.83. The lowest BCUT2D eigenvalue weighted by molar-refractivity contribution is 0.680. The van der Waals surface area contributed by atoms with Crippen LogP contribution >= 0.6 is 11.3 Å². The molecule has 1 aliphatic rings. The van der Waals surface area contributed by atoms with E-state index in [-0.39, 0.29) is 0 Å². The molecule has 2 rings (SSSR count). The first-order valence-corrected chi connectivity index (χ1v) is 5.75. The summed E-state index contributed by atoms with van der Waals surface area (Å²) in [5.41, 5.74) is 2.75. The van der Waals surface area contributed by atoms with Crippen LogP contribution in [-0.4, -0.2) is 12.3 Å². The van der Waals surface area contributed by atoms with Crippen LogP contribution in [0.4, 0.5) is 0 Å². The molecule has 1 aromatic heterocycles. The molecule has 1 aliphatic heterocycles. The molecule has 2 heteroatoms. The van der Waals surface area contributed by atoms with Crippen molar-refractivity contribution in [1.29, 1.82) is 0 Å². The Balaban J connectivity index is 2.25. The molecule has 1 aromatic rings. The quantitative estimate of drug-likeness (QED) is 0.684. The SMILES string of the molecule is CC(C)CC1=NCCc2sccc21. The molecule has 0 N–H and O–H groups in total. The zero-order valence-corrected chi connectivity index (χ0v) is 9.03. The normalized spacial score (nSPS) is 15.8. The number of thiophene rings is 1. The lowest BCUT2D eigenvalue weighted by Gasteiger charge is -2.14. The molecule has 0 aliphatic carbocycles. The molecule has 13 heavy (non-hydrogen) atoms. The minimum Gasteiger partial charge on any atom is -0.289 e. The Hall–Kier alpha value is -0.630. The fourth-order valence-electron chi connectivity index (χ4n) is 1.73. The Labute approximate surface area is 83.5 Å². The summed E-state index contributed by atoms with van der Waals surface area (Å²) in [6.07, 6.45) is 2.28. The fourth-order valence-corrected chi connectivity index (χ4v) is 2.62. The van der Waals surface area contributed by atoms with Crippen molar-refractivity contribution < 1.29 is 0 Å². The van der Waals surface area contributed by atoms with Gasteiger partial charge in [-0.05, 0) is 23.8 Å². The monoisotopic (exact) mass is 193 g/mol. The molecule has 0 saturated carbocycles. The molecule has 70 valence electrons. The Kier molecular flexibility index (Phi) is 2.49. The standard InChI is InChI=1S/C11H15NS/c1-8(2)7-10-9-4-6-13-11(9)3-5-12-10/h4,6,8H,3,5,7H2,1-2H3. The molecule has 0 unspecified atom stereocenters. The summed E-state index contributed by atoms with van der Waals surface area (Å²) in [4.78, 5) is 6.14. The van der Waals surface area contributed by atoms with Crippen molar-refractivity contribution in [3.8, 4) is 0 Å². The van der Waals surface area contributed by atoms with Gasteiger partial charge in [0.15, 0.2) is 0 Å². The first kappa shape index (κ1) is 8.95. The fraction of sp³-hybridized carbons (Fsp3) is 0.545. The van der Waals surface area contributed by atoms with Gasteiger partial charge in [-0.1, -0.05) is 13.8 Å². The van der Waals surface area contributed by atoms with Gasteiger partial charge in [0.05, 0.1) is 0 Å². The van der Waals surface area contributed by atoms with Crippen LogP contribution in [-0.2, 0) is 6.42 Å². The summed E-state index contributed by atoms with van der Waals surface area (Å²) in [5.74, 6) is 0.713. The van der Waals surface area contributed by atoms with Crippen LogP contribution in [0.2, 0.25) is 0 Å². The molecule has 2 heterocycles. The number of aliphatic imine (C=N–C) groups is 1. The van der Waals surface area contributed by atoms with E-state index >= 15 is 0 Å². The largest absolute Gasteiger partial charge is 0.289 e. The number of nitrogens with zero attached hydrogens (tertiary/aromatic N) is 1. The van der Waals surface area contributed by atoms with E-state index in [4.69, 9.17) is 0 Å². The van der Waals surface area contributed by atoms with Gasteiger partial charge in [-0.2, -0.15) is 0 Å². The molecule has 0 bridgehead atoms. The van der Waals surface area contributed by atoms with Crippen LogP contribution in [0.1, 0.15) is 30.7 Å². The zero-order chi connectivity index (χ0) is 9.26. The molecule has 0 fully saturated rings. The van der Waals surface area contributed by atoms with Crippen molar-refractivity contribution in [3.63, 3.8) is 0 Å². The topological polar surface area (TPSA) is 12.4 Å². The minimum absolute atomic E-state index is 0.713. The maximum absolute atomic E-state index is 4.61. The van der Waals surface area contributed by atoms with E-state index in [0.29, 0.717) is 5.92 Å². The predicted octanol–water partition coefficient (Wildman–Crippen LogP) is 3.14. The molecule has 0 spiro atoms. The van der Waals surface area contributed by atoms with Gasteiger partial charge in [-0.25, -0.2) is 0 Å². The van der Waals surface area contributed by atoms with Crippen molar-refractivity contribution >= 4 is 17.0 Å². The number of fused-ring (bicyclic) bond motifs is 1. The minimum atomic E-state index is 0.713. The van der Waals surface area contributed by atoms with Gasteiger partial charge in [0, 0.05) is 29.1 Å². The molecular weight excluding hydrogens is 178 g/mol. The second-order valence-corrected chi connectivity index (χ2v) is 4.93. The molecule has 0 radical (unpaired) electrons. The van der Waals surface area contributed by atoms with Crippen molar-refractivity contribution in [3.05, 3.63) is 21.9 Å². The van der Waals surface area contributed by atoms with Gasteiger partial charge >= 0.3 is 0 Å². The number of hydrogen-bond donors (Lipinski definition) is 0. The third-order valence-corrected chi connectivity index (χ3v) is 3.28. The summed E-state index contributed by atoms with van der Waals surface area (Å²) in [7, 11) is 0. The van der Waals surface area contributed by atoms with E-state index in [1.54, 1.807) is 0 Å². The Morgan fingerprint density at radius 2 is 2.38 bits per heavy atom. The van der Waals surface area contributed by atoms with Crippen molar-refractivity contribution in [2.45, 2.75) is 26.7 Å². The Morgan fingerprint density at radius 3 is 3.15 bits per heavy atom. The van der Waals surface area contributed by atoms with E-state index in [1.807, 2.05) is 11.3 Å². The first-order chi connectivity index (χ1) is 6.27. The summed E-state index contributed by atoms with van der Waals surface area (Å²) in [6.45, 7) is 5.50. The van der Waals surface area contributed by atoms with Crippen molar-refractivity contribution in [1.82, 2.24) is 0 Å². The van der Waals surface area contributed by atoms with Gasteiger partial charge in [-0.3, -0.25) is 4.99 Å². The van der Waals surface area contributed by atoms with E-state index in [1.165, 1.54) is 16.2 Å². The Morgan fingerprint density at radius 1 is 1.54 bits per heavy atom. The third-order valence-electron chi connectivity index (χ3n) is 2.30.